The number of nitrogens with zero attached hydrogens (tertiary/aromatic N) is 1. The van der Waals surface area contributed by atoms with Crippen molar-refractivity contribution in [3.8, 4) is 16.8 Å². The van der Waals surface area contributed by atoms with Crippen LogP contribution in [-0.4, -0.2) is 4.57 Å². The Morgan fingerprint density at radius 1 is 0.368 bits per heavy atom. The van der Waals surface area contributed by atoms with E-state index in [9.17, 15) is 0 Å². The third kappa shape index (κ3) is 5.16. The predicted octanol–water partition coefficient (Wildman–Crippen LogP) is 12.4. The maximum atomic E-state index is 6.67. The molecule has 0 radical (unpaired) electrons. The van der Waals surface area contributed by atoms with Gasteiger partial charge in [-0.25, -0.2) is 0 Å². The minimum absolute atomic E-state index is 0.0629. The van der Waals surface area contributed by atoms with E-state index in [1.165, 1.54) is 32.9 Å². The van der Waals surface area contributed by atoms with E-state index in [1.807, 2.05) is 0 Å². The molecule has 0 saturated carbocycles. The van der Waals surface area contributed by atoms with Crippen LogP contribution in [-0.2, 0) is 0 Å². The van der Waals surface area contributed by atoms with Gasteiger partial charge in [-0.1, -0.05) is 127 Å². The minimum Gasteiger partial charge on any atom is -0.456 e. The Morgan fingerprint density at radius 3 is 1.63 bits per heavy atom. The van der Waals surface area contributed by atoms with Gasteiger partial charge in [-0.15, -0.1) is 0 Å². The maximum Gasteiger partial charge on any atom is 0.137 e. The second-order valence-electron chi connectivity index (χ2n) is 15.0. The van der Waals surface area contributed by atoms with Crippen LogP contribution in [0.15, 0.2) is 191 Å². The summed E-state index contributed by atoms with van der Waals surface area (Å²) in [6, 6.07) is 64.3. The van der Waals surface area contributed by atoms with E-state index in [1.54, 1.807) is 0 Å². The first-order valence-electron chi connectivity index (χ1n) is 19.5. The third-order valence-corrected chi connectivity index (χ3v) is 11.7. The van der Waals surface area contributed by atoms with Crippen molar-refractivity contribution in [2.45, 2.75) is 18.5 Å². The zero-order valence-corrected chi connectivity index (χ0v) is 30.8. The van der Waals surface area contributed by atoms with Crippen LogP contribution in [0.25, 0.3) is 82.5 Å². The van der Waals surface area contributed by atoms with Crippen molar-refractivity contribution in [3.63, 3.8) is 0 Å². The zero-order valence-electron chi connectivity index (χ0n) is 30.8. The summed E-state index contributed by atoms with van der Waals surface area (Å²) < 4.78 is 15.6. The molecule has 6 nitrogen and oxygen atoms in total. The van der Waals surface area contributed by atoms with Gasteiger partial charge >= 0.3 is 0 Å². The van der Waals surface area contributed by atoms with Crippen molar-refractivity contribution in [2.24, 2.45) is 0 Å². The first-order valence-corrected chi connectivity index (χ1v) is 19.5. The van der Waals surface area contributed by atoms with Gasteiger partial charge in [0.25, 0.3) is 0 Å². The minimum atomic E-state index is -0.147. The van der Waals surface area contributed by atoms with Crippen LogP contribution < -0.4 is 16.0 Å². The number of rotatable bonds is 5. The fourth-order valence-electron chi connectivity index (χ4n) is 9.13. The molecule has 0 amide bonds. The van der Waals surface area contributed by atoms with Crippen LogP contribution >= 0.6 is 0 Å². The zero-order chi connectivity index (χ0) is 37.5. The van der Waals surface area contributed by atoms with Crippen LogP contribution in [0.3, 0.4) is 0 Å². The van der Waals surface area contributed by atoms with Gasteiger partial charge in [-0.2, -0.15) is 0 Å². The van der Waals surface area contributed by atoms with Gasteiger partial charge in [0.05, 0.1) is 40.6 Å². The Morgan fingerprint density at radius 2 is 0.930 bits per heavy atom. The van der Waals surface area contributed by atoms with Crippen LogP contribution in [0.2, 0.25) is 0 Å². The molecule has 2 unspecified atom stereocenters. The smallest absolute Gasteiger partial charge is 0.137 e. The number of benzene rings is 8. The monoisotopic (exact) mass is 736 g/mol. The van der Waals surface area contributed by atoms with E-state index in [2.05, 4.69) is 203 Å². The molecule has 6 heteroatoms. The number of hydrogen-bond donors (Lipinski definition) is 3. The standard InChI is InChI=1S/C51H36N4O2/c1-3-13-31(14-4-1)49-52-50(32-15-5-2-6-16-32)54-51(53-49)38-19-11-23-44-47(38)37-27-25-34(30-46(37)57-44)33-26-28-43-39(29-33)48-42(22-12-24-45(48)56-43)55-40-20-9-7-17-35(40)36-18-8-10-21-41(36)55/h1-30,49-54H. The summed E-state index contributed by atoms with van der Waals surface area (Å²) in [7, 11) is 0. The van der Waals surface area contributed by atoms with Crippen molar-refractivity contribution in [2.75, 3.05) is 0 Å². The normalized spacial score (nSPS) is 17.4. The Bertz CT molecular complexity index is 3210. The second-order valence-corrected chi connectivity index (χ2v) is 15.0. The SMILES string of the molecule is c1ccc(C2NC(c3ccccc3)NC(c3cccc4oc5cc(-c6ccc7oc8cccc(-n9c%10ccccc%10c%10ccccc%109)c8c7c6)ccc5c34)N2)cc1. The van der Waals surface area contributed by atoms with E-state index >= 15 is 0 Å². The number of furan rings is 2. The van der Waals surface area contributed by atoms with E-state index in [4.69, 9.17) is 8.83 Å². The summed E-state index contributed by atoms with van der Waals surface area (Å²) in [4.78, 5) is 0. The lowest BCUT2D eigenvalue weighted by molar-refractivity contribution is 0.204. The van der Waals surface area contributed by atoms with Gasteiger partial charge in [0.2, 0.25) is 0 Å². The number of fused-ring (bicyclic) bond motifs is 9. The molecule has 3 N–H and O–H groups in total. The average molecular weight is 737 g/mol. The second kappa shape index (κ2) is 12.8. The summed E-state index contributed by atoms with van der Waals surface area (Å²) in [6.45, 7) is 0. The summed E-state index contributed by atoms with van der Waals surface area (Å²) >= 11 is 0. The molecule has 272 valence electrons. The van der Waals surface area contributed by atoms with E-state index in [-0.39, 0.29) is 18.5 Å². The highest BCUT2D eigenvalue weighted by molar-refractivity contribution is 6.15. The van der Waals surface area contributed by atoms with Crippen LogP contribution in [0, 0.1) is 0 Å². The van der Waals surface area contributed by atoms with E-state index in [0.29, 0.717) is 0 Å². The van der Waals surface area contributed by atoms with Crippen LogP contribution in [0.1, 0.15) is 35.2 Å². The predicted molar refractivity (Wildman–Crippen MR) is 231 cm³/mol. The number of nitrogens with one attached hydrogen (secondary N) is 3. The molecule has 1 aliphatic rings. The number of aromatic nitrogens is 1. The van der Waals surface area contributed by atoms with Crippen LogP contribution in [0.5, 0.6) is 0 Å². The highest BCUT2D eigenvalue weighted by Gasteiger charge is 2.31. The quantitative estimate of drug-likeness (QED) is 0.164. The van der Waals surface area contributed by atoms with Gasteiger partial charge in [0.1, 0.15) is 22.3 Å². The van der Waals surface area contributed by atoms with Gasteiger partial charge in [0, 0.05) is 26.9 Å². The van der Waals surface area contributed by atoms with Gasteiger partial charge in [-0.3, -0.25) is 16.0 Å². The fraction of sp³-hybridized carbons (Fsp3) is 0.0588. The molecular weight excluding hydrogens is 701 g/mol. The Hall–Kier alpha value is -6.96. The fourth-order valence-corrected chi connectivity index (χ4v) is 9.13. The average Bonchev–Trinajstić information content (AvgIpc) is 3.96. The molecule has 0 spiro atoms. The van der Waals surface area contributed by atoms with Crippen molar-refractivity contribution < 1.29 is 8.83 Å². The molecule has 3 aromatic heterocycles. The maximum absolute atomic E-state index is 6.67. The molecule has 57 heavy (non-hydrogen) atoms. The largest absolute Gasteiger partial charge is 0.456 e. The molecular formula is C51H36N4O2. The lowest BCUT2D eigenvalue weighted by Crippen LogP contribution is -2.54. The topological polar surface area (TPSA) is 67.3 Å². The highest BCUT2D eigenvalue weighted by atomic mass is 16.3. The molecule has 8 aromatic carbocycles. The molecule has 1 fully saturated rings. The summed E-state index contributed by atoms with van der Waals surface area (Å²) in [6.07, 6.45) is -0.273. The van der Waals surface area contributed by atoms with Crippen LogP contribution in [0.4, 0.5) is 0 Å². The van der Waals surface area contributed by atoms with Gasteiger partial charge in [0.15, 0.2) is 0 Å². The van der Waals surface area contributed by atoms with E-state index < -0.39 is 0 Å². The summed E-state index contributed by atoms with van der Waals surface area (Å²) in [5, 5.41) is 18.3. The van der Waals surface area contributed by atoms with Crippen molar-refractivity contribution in [3.05, 3.63) is 199 Å². The molecule has 0 bridgehead atoms. The lowest BCUT2D eigenvalue weighted by atomic mass is 9.98. The lowest BCUT2D eigenvalue weighted by Gasteiger charge is -2.39. The van der Waals surface area contributed by atoms with Crippen molar-refractivity contribution in [1.29, 1.82) is 0 Å². The van der Waals surface area contributed by atoms with Crippen molar-refractivity contribution >= 4 is 65.7 Å². The van der Waals surface area contributed by atoms with E-state index in [0.717, 1.165) is 66.3 Å². The Balaban J connectivity index is 0.970. The van der Waals surface area contributed by atoms with Gasteiger partial charge in [-0.05, 0) is 82.4 Å². The molecule has 4 heterocycles. The summed E-state index contributed by atoms with van der Waals surface area (Å²) in [5.74, 6) is 0. The Labute approximate surface area is 327 Å². The highest BCUT2D eigenvalue weighted by Crippen LogP contribution is 2.42. The Kier molecular flexibility index (Phi) is 7.25. The first kappa shape index (κ1) is 32.3. The first-order chi connectivity index (χ1) is 28.2. The van der Waals surface area contributed by atoms with Gasteiger partial charge < -0.3 is 13.4 Å². The number of hydrogen-bond acceptors (Lipinski definition) is 5. The molecule has 12 rings (SSSR count). The molecule has 0 aliphatic carbocycles. The number of para-hydroxylation sites is 2. The molecule has 1 aliphatic heterocycles. The van der Waals surface area contributed by atoms with Crippen molar-refractivity contribution in [1.82, 2.24) is 20.5 Å². The third-order valence-electron chi connectivity index (χ3n) is 11.7. The molecule has 11 aromatic rings. The summed E-state index contributed by atoms with van der Waals surface area (Å²) in [5.41, 5.74) is 12.6. The molecule has 2 atom stereocenters. The molecule has 1 saturated heterocycles.